The Morgan fingerprint density at radius 2 is 1.87 bits per heavy atom. The Balaban J connectivity index is 0.00000272. The van der Waals surface area contributed by atoms with E-state index in [0.717, 1.165) is 76.8 Å². The van der Waals surface area contributed by atoms with Crippen LogP contribution < -0.4 is 15.4 Å². The number of carbonyl (C=O) groups excluding carboxylic acids is 1. The van der Waals surface area contributed by atoms with Crippen LogP contribution in [0.4, 0.5) is 0 Å². The molecule has 1 saturated carbocycles. The summed E-state index contributed by atoms with van der Waals surface area (Å²) >= 11 is 0. The molecule has 1 aliphatic carbocycles. The number of carbonyl (C=O) groups is 1. The van der Waals surface area contributed by atoms with Gasteiger partial charge in [0, 0.05) is 64.2 Å². The molecule has 4 rings (SSSR count). The molecule has 7 nitrogen and oxygen atoms in total. The number of para-hydroxylation sites is 1. The van der Waals surface area contributed by atoms with Gasteiger partial charge in [-0.25, -0.2) is 0 Å². The van der Waals surface area contributed by atoms with Crippen LogP contribution in [-0.2, 0) is 4.79 Å². The Morgan fingerprint density at radius 3 is 2.61 bits per heavy atom. The Hall–Kier alpha value is -1.55. The van der Waals surface area contributed by atoms with E-state index in [4.69, 9.17) is 4.74 Å². The smallest absolute Gasteiger partial charge is 0.225 e. The van der Waals surface area contributed by atoms with Crippen LogP contribution in [0.25, 0.3) is 0 Å². The van der Waals surface area contributed by atoms with Gasteiger partial charge >= 0.3 is 0 Å². The fraction of sp³-hybridized carbons (Fsp3) is 0.652. The molecule has 8 heteroatoms. The van der Waals surface area contributed by atoms with E-state index in [2.05, 4.69) is 37.6 Å². The average Bonchev–Trinajstić information content (AvgIpc) is 3.33. The quantitative estimate of drug-likeness (QED) is 0.341. The first-order valence-corrected chi connectivity index (χ1v) is 11.4. The standard InChI is InChI=1S/C23H35N5O2.HI/c1-24-23(26-20-10-17-30-21-9-5-4-8-19(20)21)25-11-12-27-13-15-28(16-14-27)22(29)18-6-2-3-7-18;/h4-5,8-9,18,20H,2-3,6-7,10-17H2,1H3,(H2,24,25,26);1H. The number of fused-ring (bicyclic) bond motifs is 1. The number of guanidine groups is 1. The van der Waals surface area contributed by atoms with Gasteiger partial charge in [0.15, 0.2) is 5.96 Å². The maximum atomic E-state index is 12.6. The van der Waals surface area contributed by atoms with Gasteiger partial charge in [-0.05, 0) is 18.9 Å². The molecule has 0 aromatic heterocycles. The summed E-state index contributed by atoms with van der Waals surface area (Å²) in [6.07, 6.45) is 5.54. The minimum Gasteiger partial charge on any atom is -0.493 e. The summed E-state index contributed by atoms with van der Waals surface area (Å²) in [4.78, 5) is 21.5. The number of ether oxygens (including phenoxy) is 1. The molecule has 1 aromatic rings. The number of hydrogen-bond donors (Lipinski definition) is 2. The van der Waals surface area contributed by atoms with E-state index in [9.17, 15) is 4.79 Å². The van der Waals surface area contributed by atoms with Gasteiger partial charge in [-0.15, -0.1) is 24.0 Å². The van der Waals surface area contributed by atoms with Gasteiger partial charge in [0.05, 0.1) is 12.6 Å². The van der Waals surface area contributed by atoms with Crippen LogP contribution >= 0.6 is 24.0 Å². The van der Waals surface area contributed by atoms with Crippen molar-refractivity contribution < 1.29 is 9.53 Å². The van der Waals surface area contributed by atoms with Crippen molar-refractivity contribution in [2.75, 3.05) is 52.9 Å². The molecule has 1 aromatic carbocycles. The molecule has 3 aliphatic rings. The second-order valence-electron chi connectivity index (χ2n) is 8.52. The highest BCUT2D eigenvalue weighted by atomic mass is 127. The Morgan fingerprint density at radius 1 is 1.13 bits per heavy atom. The molecule has 1 atom stereocenters. The summed E-state index contributed by atoms with van der Waals surface area (Å²) in [5.74, 6) is 2.48. The lowest BCUT2D eigenvalue weighted by molar-refractivity contribution is -0.137. The van der Waals surface area contributed by atoms with Gasteiger partial charge < -0.3 is 20.3 Å². The molecule has 1 amide bonds. The number of amides is 1. The van der Waals surface area contributed by atoms with Crippen molar-refractivity contribution in [3.8, 4) is 5.75 Å². The van der Waals surface area contributed by atoms with Crippen LogP contribution in [0.3, 0.4) is 0 Å². The first-order chi connectivity index (χ1) is 14.7. The topological polar surface area (TPSA) is 69.2 Å². The van der Waals surface area contributed by atoms with E-state index in [1.165, 1.54) is 18.4 Å². The van der Waals surface area contributed by atoms with Crippen molar-refractivity contribution in [2.24, 2.45) is 10.9 Å². The maximum Gasteiger partial charge on any atom is 0.225 e. The van der Waals surface area contributed by atoms with Crippen molar-refractivity contribution >= 4 is 35.8 Å². The van der Waals surface area contributed by atoms with E-state index in [1.54, 1.807) is 0 Å². The van der Waals surface area contributed by atoms with Crippen LogP contribution in [-0.4, -0.2) is 74.6 Å². The third-order valence-electron chi connectivity index (χ3n) is 6.60. The molecule has 0 spiro atoms. The maximum absolute atomic E-state index is 12.6. The van der Waals surface area contributed by atoms with Gasteiger partial charge in [0.1, 0.15) is 5.75 Å². The number of aliphatic imine (C=N–C) groups is 1. The number of halogens is 1. The highest BCUT2D eigenvalue weighted by Crippen LogP contribution is 2.31. The summed E-state index contributed by atoms with van der Waals surface area (Å²) in [5, 5.41) is 6.99. The fourth-order valence-corrected chi connectivity index (χ4v) is 4.81. The molecule has 2 aliphatic heterocycles. The summed E-state index contributed by atoms with van der Waals surface area (Å²) < 4.78 is 5.75. The summed E-state index contributed by atoms with van der Waals surface area (Å²) in [6, 6.07) is 8.42. The van der Waals surface area contributed by atoms with Crippen molar-refractivity contribution in [3.05, 3.63) is 29.8 Å². The molecule has 31 heavy (non-hydrogen) atoms. The lowest BCUT2D eigenvalue weighted by Gasteiger charge is -2.36. The van der Waals surface area contributed by atoms with Crippen LogP contribution in [0, 0.1) is 5.92 Å². The minimum absolute atomic E-state index is 0. The van der Waals surface area contributed by atoms with Gasteiger partial charge in [-0.2, -0.15) is 0 Å². The molecule has 0 radical (unpaired) electrons. The number of rotatable bonds is 5. The zero-order valence-corrected chi connectivity index (χ0v) is 20.8. The first-order valence-electron chi connectivity index (χ1n) is 11.4. The third-order valence-corrected chi connectivity index (χ3v) is 6.60. The van der Waals surface area contributed by atoms with E-state index < -0.39 is 0 Å². The largest absolute Gasteiger partial charge is 0.493 e. The van der Waals surface area contributed by atoms with Crippen molar-refractivity contribution in [3.63, 3.8) is 0 Å². The van der Waals surface area contributed by atoms with E-state index >= 15 is 0 Å². The second-order valence-corrected chi connectivity index (χ2v) is 8.52. The lowest BCUT2D eigenvalue weighted by Crippen LogP contribution is -2.52. The fourth-order valence-electron chi connectivity index (χ4n) is 4.81. The summed E-state index contributed by atoms with van der Waals surface area (Å²) in [5.41, 5.74) is 1.19. The number of nitrogens with zero attached hydrogens (tertiary/aromatic N) is 3. The summed E-state index contributed by atoms with van der Waals surface area (Å²) in [7, 11) is 1.81. The van der Waals surface area contributed by atoms with Gasteiger partial charge in [-0.3, -0.25) is 14.7 Å². The van der Waals surface area contributed by atoms with Crippen molar-refractivity contribution in [1.82, 2.24) is 20.4 Å². The van der Waals surface area contributed by atoms with E-state index in [1.807, 2.05) is 19.2 Å². The molecule has 0 bridgehead atoms. The lowest BCUT2D eigenvalue weighted by atomic mass is 10.0. The van der Waals surface area contributed by atoms with Crippen LogP contribution in [0.2, 0.25) is 0 Å². The molecule has 172 valence electrons. The van der Waals surface area contributed by atoms with Crippen LogP contribution in [0.5, 0.6) is 5.75 Å². The normalized spacial score (nSPS) is 22.3. The Bertz CT molecular complexity index is 745. The highest BCUT2D eigenvalue weighted by molar-refractivity contribution is 14.0. The van der Waals surface area contributed by atoms with Gasteiger partial charge in [0.2, 0.25) is 5.91 Å². The molecule has 1 unspecified atom stereocenters. The first kappa shape index (κ1) is 24.1. The average molecular weight is 541 g/mol. The molecule has 2 heterocycles. The van der Waals surface area contributed by atoms with Gasteiger partial charge in [-0.1, -0.05) is 31.0 Å². The molecule has 2 fully saturated rings. The van der Waals surface area contributed by atoms with Crippen molar-refractivity contribution in [2.45, 2.75) is 38.1 Å². The minimum atomic E-state index is 0. The second kappa shape index (κ2) is 11.9. The monoisotopic (exact) mass is 541 g/mol. The van der Waals surface area contributed by atoms with Gasteiger partial charge in [0.25, 0.3) is 0 Å². The number of hydrogen-bond acceptors (Lipinski definition) is 4. The number of nitrogens with one attached hydrogen (secondary N) is 2. The predicted molar refractivity (Wildman–Crippen MR) is 134 cm³/mol. The van der Waals surface area contributed by atoms with Crippen molar-refractivity contribution in [1.29, 1.82) is 0 Å². The Labute approximate surface area is 203 Å². The highest BCUT2D eigenvalue weighted by Gasteiger charge is 2.29. The van der Waals surface area contributed by atoms with E-state index in [-0.39, 0.29) is 30.0 Å². The number of piperazine rings is 1. The zero-order chi connectivity index (χ0) is 20.8. The molecular formula is C23H36IN5O2. The molecule has 2 N–H and O–H groups in total. The van der Waals surface area contributed by atoms with E-state index in [0.29, 0.717) is 11.8 Å². The molecular weight excluding hydrogens is 505 g/mol. The Kier molecular flexibility index (Phi) is 9.25. The third kappa shape index (κ3) is 6.25. The predicted octanol–water partition coefficient (Wildman–Crippen LogP) is 2.63. The SMILES string of the molecule is CN=C(NCCN1CCN(C(=O)C2CCCC2)CC1)NC1CCOc2ccccc21.I. The van der Waals surface area contributed by atoms with Crippen LogP contribution in [0.15, 0.2) is 29.3 Å². The molecule has 1 saturated heterocycles. The summed E-state index contributed by atoms with van der Waals surface area (Å²) in [6.45, 7) is 6.15. The zero-order valence-electron chi connectivity index (χ0n) is 18.5. The number of benzene rings is 1. The van der Waals surface area contributed by atoms with Crippen LogP contribution in [0.1, 0.15) is 43.7 Å².